The zero-order valence-corrected chi connectivity index (χ0v) is 10.3. The molecule has 2 atom stereocenters. The van der Waals surface area contributed by atoms with E-state index < -0.39 is 0 Å². The standard InChI is InChI=1S/C11H23N3O/c1-5-13-6-7-14(8-9(2)12-4)10(3)11(13)15/h9-10,12H,5-8H2,1-4H3. The third kappa shape index (κ3) is 2.92. The second kappa shape index (κ2) is 5.47. The third-order valence-corrected chi connectivity index (χ3v) is 3.26. The fourth-order valence-electron chi connectivity index (χ4n) is 1.98. The van der Waals surface area contributed by atoms with Crippen molar-refractivity contribution in [2.75, 3.05) is 33.2 Å². The van der Waals surface area contributed by atoms with E-state index >= 15 is 0 Å². The van der Waals surface area contributed by atoms with Crippen LogP contribution in [0.1, 0.15) is 20.8 Å². The number of carbonyl (C=O) groups is 1. The van der Waals surface area contributed by atoms with E-state index in [-0.39, 0.29) is 11.9 Å². The Bertz CT molecular complexity index is 220. The molecule has 4 heteroatoms. The van der Waals surface area contributed by atoms with Crippen molar-refractivity contribution < 1.29 is 4.79 Å². The van der Waals surface area contributed by atoms with Crippen molar-refractivity contribution in [2.24, 2.45) is 0 Å². The van der Waals surface area contributed by atoms with Gasteiger partial charge in [-0.25, -0.2) is 0 Å². The molecule has 88 valence electrons. The van der Waals surface area contributed by atoms with Gasteiger partial charge in [-0.1, -0.05) is 0 Å². The number of piperazine rings is 1. The fraction of sp³-hybridized carbons (Fsp3) is 0.909. The quantitative estimate of drug-likeness (QED) is 0.722. The van der Waals surface area contributed by atoms with Gasteiger partial charge in [-0.15, -0.1) is 0 Å². The van der Waals surface area contributed by atoms with Crippen LogP contribution in [0.5, 0.6) is 0 Å². The van der Waals surface area contributed by atoms with E-state index in [0.29, 0.717) is 6.04 Å². The zero-order valence-electron chi connectivity index (χ0n) is 10.3. The van der Waals surface area contributed by atoms with Crippen LogP contribution >= 0.6 is 0 Å². The van der Waals surface area contributed by atoms with Crippen LogP contribution in [0.15, 0.2) is 0 Å². The van der Waals surface area contributed by atoms with Gasteiger partial charge in [0.15, 0.2) is 0 Å². The number of nitrogens with zero attached hydrogens (tertiary/aromatic N) is 2. The predicted octanol–water partition coefficient (Wildman–Crippen LogP) is 0.147. The number of rotatable bonds is 4. The Labute approximate surface area is 92.6 Å². The van der Waals surface area contributed by atoms with Crippen molar-refractivity contribution >= 4 is 5.91 Å². The summed E-state index contributed by atoms with van der Waals surface area (Å²) in [5.41, 5.74) is 0. The van der Waals surface area contributed by atoms with Gasteiger partial charge in [-0.05, 0) is 27.8 Å². The molecule has 0 aromatic rings. The molecule has 1 amide bonds. The molecule has 4 nitrogen and oxygen atoms in total. The van der Waals surface area contributed by atoms with Crippen molar-refractivity contribution in [2.45, 2.75) is 32.9 Å². The maximum absolute atomic E-state index is 11.9. The van der Waals surface area contributed by atoms with E-state index in [1.54, 1.807) is 0 Å². The maximum Gasteiger partial charge on any atom is 0.239 e. The number of hydrogen-bond acceptors (Lipinski definition) is 3. The molecule has 0 spiro atoms. The number of hydrogen-bond donors (Lipinski definition) is 1. The second-order valence-electron chi connectivity index (χ2n) is 4.28. The van der Waals surface area contributed by atoms with Crippen LogP contribution in [0.2, 0.25) is 0 Å². The first kappa shape index (κ1) is 12.5. The van der Waals surface area contributed by atoms with E-state index in [0.717, 1.165) is 26.2 Å². The van der Waals surface area contributed by atoms with Gasteiger partial charge in [0.1, 0.15) is 0 Å². The first-order chi connectivity index (χ1) is 7.10. The monoisotopic (exact) mass is 213 g/mol. The molecule has 0 radical (unpaired) electrons. The first-order valence-corrected chi connectivity index (χ1v) is 5.80. The minimum Gasteiger partial charge on any atom is -0.340 e. The van der Waals surface area contributed by atoms with Gasteiger partial charge in [0.05, 0.1) is 6.04 Å². The van der Waals surface area contributed by atoms with Crippen molar-refractivity contribution in [1.82, 2.24) is 15.1 Å². The molecule has 0 aromatic heterocycles. The summed E-state index contributed by atoms with van der Waals surface area (Å²) in [6, 6.07) is 0.475. The van der Waals surface area contributed by atoms with Crippen molar-refractivity contribution in [3.05, 3.63) is 0 Å². The number of amides is 1. The van der Waals surface area contributed by atoms with E-state index in [1.807, 2.05) is 25.8 Å². The molecule has 0 aliphatic carbocycles. The summed E-state index contributed by atoms with van der Waals surface area (Å²) in [4.78, 5) is 16.1. The Morgan fingerprint density at radius 1 is 1.53 bits per heavy atom. The van der Waals surface area contributed by atoms with Gasteiger partial charge in [0, 0.05) is 32.2 Å². The lowest BCUT2D eigenvalue weighted by molar-refractivity contribution is -0.140. The first-order valence-electron chi connectivity index (χ1n) is 5.80. The van der Waals surface area contributed by atoms with Gasteiger partial charge in [-0.3, -0.25) is 9.69 Å². The molecule has 0 bridgehead atoms. The fourth-order valence-corrected chi connectivity index (χ4v) is 1.98. The summed E-state index contributed by atoms with van der Waals surface area (Å²) in [6.07, 6.45) is 0. The van der Waals surface area contributed by atoms with Crippen molar-refractivity contribution in [3.63, 3.8) is 0 Å². The minimum absolute atomic E-state index is 0.0366. The van der Waals surface area contributed by atoms with Gasteiger partial charge in [0.2, 0.25) is 5.91 Å². The molecule has 1 N–H and O–H groups in total. The van der Waals surface area contributed by atoms with Crippen LogP contribution < -0.4 is 5.32 Å². The van der Waals surface area contributed by atoms with E-state index in [2.05, 4.69) is 17.1 Å². The molecule has 1 fully saturated rings. The van der Waals surface area contributed by atoms with Crippen LogP contribution in [-0.4, -0.2) is 61.0 Å². The maximum atomic E-state index is 11.9. The number of carbonyl (C=O) groups excluding carboxylic acids is 1. The molecule has 15 heavy (non-hydrogen) atoms. The van der Waals surface area contributed by atoms with Gasteiger partial charge in [-0.2, -0.15) is 0 Å². The average Bonchev–Trinajstić information content (AvgIpc) is 2.25. The Hall–Kier alpha value is -0.610. The minimum atomic E-state index is 0.0366. The van der Waals surface area contributed by atoms with E-state index in [9.17, 15) is 4.79 Å². The summed E-state index contributed by atoms with van der Waals surface area (Å²) in [5, 5.41) is 3.21. The van der Waals surface area contributed by atoms with E-state index in [1.165, 1.54) is 0 Å². The molecule has 2 unspecified atom stereocenters. The van der Waals surface area contributed by atoms with Gasteiger partial charge >= 0.3 is 0 Å². The Morgan fingerprint density at radius 3 is 2.73 bits per heavy atom. The molecule has 0 saturated carbocycles. The van der Waals surface area contributed by atoms with Gasteiger partial charge < -0.3 is 10.2 Å². The summed E-state index contributed by atoms with van der Waals surface area (Å²) in [7, 11) is 1.96. The zero-order chi connectivity index (χ0) is 11.4. The Balaban J connectivity index is 2.52. The Kier molecular flexibility index (Phi) is 4.54. The van der Waals surface area contributed by atoms with Crippen molar-refractivity contribution in [3.8, 4) is 0 Å². The van der Waals surface area contributed by atoms with E-state index in [4.69, 9.17) is 0 Å². The SMILES string of the molecule is CCN1CCN(CC(C)NC)C(C)C1=O. The largest absolute Gasteiger partial charge is 0.340 e. The topological polar surface area (TPSA) is 35.6 Å². The lowest BCUT2D eigenvalue weighted by Crippen LogP contribution is -2.57. The highest BCUT2D eigenvalue weighted by molar-refractivity contribution is 5.82. The van der Waals surface area contributed by atoms with Crippen LogP contribution in [-0.2, 0) is 4.79 Å². The second-order valence-corrected chi connectivity index (χ2v) is 4.28. The lowest BCUT2D eigenvalue weighted by atomic mass is 10.1. The summed E-state index contributed by atoms with van der Waals surface area (Å²) < 4.78 is 0. The predicted molar refractivity (Wildman–Crippen MR) is 61.8 cm³/mol. The normalized spacial score (nSPS) is 25.7. The smallest absolute Gasteiger partial charge is 0.239 e. The highest BCUT2D eigenvalue weighted by atomic mass is 16.2. The molecular formula is C11H23N3O. The third-order valence-electron chi connectivity index (χ3n) is 3.26. The van der Waals surface area contributed by atoms with Gasteiger partial charge in [0.25, 0.3) is 0 Å². The molecule has 1 rings (SSSR count). The summed E-state index contributed by atoms with van der Waals surface area (Å²) >= 11 is 0. The van der Waals surface area contributed by atoms with Crippen LogP contribution in [0.25, 0.3) is 0 Å². The summed E-state index contributed by atoms with van der Waals surface area (Å²) in [6.45, 7) is 9.83. The number of likely N-dealkylation sites (N-methyl/N-ethyl adjacent to an activating group) is 2. The number of nitrogens with one attached hydrogen (secondary N) is 1. The Morgan fingerprint density at radius 2 is 2.20 bits per heavy atom. The molecule has 1 saturated heterocycles. The molecular weight excluding hydrogens is 190 g/mol. The average molecular weight is 213 g/mol. The highest BCUT2D eigenvalue weighted by Crippen LogP contribution is 2.11. The van der Waals surface area contributed by atoms with Crippen LogP contribution in [0.4, 0.5) is 0 Å². The molecule has 1 aliphatic rings. The van der Waals surface area contributed by atoms with Crippen molar-refractivity contribution in [1.29, 1.82) is 0 Å². The highest BCUT2D eigenvalue weighted by Gasteiger charge is 2.30. The van der Waals surface area contributed by atoms with Crippen LogP contribution in [0.3, 0.4) is 0 Å². The van der Waals surface area contributed by atoms with Crippen LogP contribution in [0, 0.1) is 0 Å². The molecule has 1 heterocycles. The summed E-state index contributed by atoms with van der Waals surface area (Å²) in [5.74, 6) is 0.270. The lowest BCUT2D eigenvalue weighted by Gasteiger charge is -2.39. The molecule has 0 aromatic carbocycles. The molecule has 1 aliphatic heterocycles.